The molecule has 0 spiro atoms. The zero-order valence-electron chi connectivity index (χ0n) is 24.9. The Balaban J connectivity index is 1.01. The van der Waals surface area contributed by atoms with E-state index in [1.807, 2.05) is 22.7 Å². The number of allylic oxidation sites excluding steroid dienone is 6. The third-order valence-corrected chi connectivity index (χ3v) is 10.7. The summed E-state index contributed by atoms with van der Waals surface area (Å²) in [6, 6.07) is 11.0. The predicted molar refractivity (Wildman–Crippen MR) is 178 cm³/mol. The molecule has 0 fully saturated rings. The molecule has 43 heavy (non-hydrogen) atoms. The third-order valence-electron chi connectivity index (χ3n) is 9.68. The van der Waals surface area contributed by atoms with Crippen LogP contribution in [0.4, 0.5) is 5.69 Å². The molecular formula is C37H39N3O2S. The molecule has 8 rings (SSSR count). The number of ether oxygens (including phenoxy) is 1. The molecule has 2 atom stereocenters. The normalized spacial score (nSPS) is 21.6. The van der Waals surface area contributed by atoms with Gasteiger partial charge in [0.05, 0.1) is 5.69 Å². The highest BCUT2D eigenvalue weighted by Gasteiger charge is 2.37. The Morgan fingerprint density at radius 1 is 1.09 bits per heavy atom. The second-order valence-corrected chi connectivity index (χ2v) is 13.7. The average molecular weight is 590 g/mol. The number of anilines is 1. The Kier molecular flexibility index (Phi) is 7.07. The maximum Gasteiger partial charge on any atom is 0.274 e. The van der Waals surface area contributed by atoms with Crippen LogP contribution in [0.15, 0.2) is 71.4 Å². The number of aromatic nitrogens is 1. The second kappa shape index (κ2) is 11.2. The number of H-pyrrole nitrogens is 1. The van der Waals surface area contributed by atoms with Crippen LogP contribution in [0.2, 0.25) is 0 Å². The quantitative estimate of drug-likeness (QED) is 0.259. The van der Waals surface area contributed by atoms with E-state index in [-0.39, 0.29) is 17.5 Å². The molecule has 0 saturated heterocycles. The molecule has 5 nitrogen and oxygen atoms in total. The number of carbonyl (C=O) groups excluding carboxylic acids is 1. The molecule has 6 heteroatoms. The molecule has 2 unspecified atom stereocenters. The van der Waals surface area contributed by atoms with Crippen molar-refractivity contribution in [3.05, 3.63) is 99.3 Å². The molecule has 0 bridgehead atoms. The summed E-state index contributed by atoms with van der Waals surface area (Å²) in [5, 5.41) is 4.82. The van der Waals surface area contributed by atoms with Crippen LogP contribution in [-0.4, -0.2) is 28.7 Å². The van der Waals surface area contributed by atoms with Gasteiger partial charge in [0.2, 0.25) is 0 Å². The van der Waals surface area contributed by atoms with E-state index in [9.17, 15) is 4.79 Å². The molecule has 2 aromatic carbocycles. The van der Waals surface area contributed by atoms with Crippen LogP contribution in [0.5, 0.6) is 5.75 Å². The number of hydrogen-bond acceptors (Lipinski definition) is 4. The number of nitrogens with one attached hydrogen (secondary N) is 2. The number of nitrogens with zero attached hydrogens (tertiary/aromatic N) is 1. The number of hydrogen-bond donors (Lipinski definition) is 2. The molecule has 220 valence electrons. The maximum atomic E-state index is 14.0. The van der Waals surface area contributed by atoms with E-state index in [0.29, 0.717) is 12.2 Å². The molecule has 3 heterocycles. The van der Waals surface area contributed by atoms with E-state index in [2.05, 4.69) is 71.9 Å². The van der Waals surface area contributed by atoms with Crippen LogP contribution in [0.25, 0.3) is 17.0 Å². The highest BCUT2D eigenvalue weighted by Crippen LogP contribution is 2.47. The van der Waals surface area contributed by atoms with Crippen molar-refractivity contribution in [2.24, 2.45) is 0 Å². The Morgan fingerprint density at radius 3 is 2.95 bits per heavy atom. The van der Waals surface area contributed by atoms with Crippen LogP contribution in [0.1, 0.15) is 90.7 Å². The van der Waals surface area contributed by atoms with Crippen molar-refractivity contribution in [1.82, 2.24) is 10.3 Å². The van der Waals surface area contributed by atoms with Crippen LogP contribution in [0, 0.1) is 0 Å². The lowest BCUT2D eigenvalue weighted by molar-refractivity contribution is 0.0985. The largest absolute Gasteiger partial charge is 0.466 e. The van der Waals surface area contributed by atoms with Gasteiger partial charge in [-0.2, -0.15) is 0 Å². The van der Waals surface area contributed by atoms with Gasteiger partial charge in [-0.1, -0.05) is 55.4 Å². The van der Waals surface area contributed by atoms with Crippen LogP contribution < -0.4 is 15.0 Å². The second-order valence-electron chi connectivity index (χ2n) is 12.5. The maximum absolute atomic E-state index is 14.0. The molecule has 1 aromatic heterocycles. The van der Waals surface area contributed by atoms with Crippen LogP contribution >= 0.6 is 11.8 Å². The number of aryl methyl sites for hydroxylation is 1. The lowest BCUT2D eigenvalue weighted by atomic mass is 9.87. The van der Waals surface area contributed by atoms with Crippen molar-refractivity contribution in [3.63, 3.8) is 0 Å². The molecule has 3 aromatic rings. The van der Waals surface area contributed by atoms with Crippen molar-refractivity contribution in [1.29, 1.82) is 0 Å². The van der Waals surface area contributed by atoms with E-state index >= 15 is 0 Å². The van der Waals surface area contributed by atoms with E-state index in [1.165, 1.54) is 53.5 Å². The van der Waals surface area contributed by atoms with Gasteiger partial charge in [0.1, 0.15) is 11.4 Å². The number of thioether (sulfide) groups is 1. The predicted octanol–water partition coefficient (Wildman–Crippen LogP) is 8.54. The summed E-state index contributed by atoms with van der Waals surface area (Å²) in [6.45, 7) is 2.91. The number of amides is 1. The van der Waals surface area contributed by atoms with E-state index < -0.39 is 0 Å². The first-order valence-corrected chi connectivity index (χ1v) is 17.1. The SMILES string of the molecule is CCCCSC1NC2CC=Cc3c4c(cc(c32)O1)N(C(=O)c1cc2cc(CCC3=CC5=C(C=CCC5)C3)ccc2[nH]1)CC4. The molecule has 2 N–H and O–H groups in total. The summed E-state index contributed by atoms with van der Waals surface area (Å²) in [5.74, 6) is 2.04. The van der Waals surface area contributed by atoms with Gasteiger partial charge in [0.15, 0.2) is 5.56 Å². The minimum Gasteiger partial charge on any atom is -0.466 e. The Morgan fingerprint density at radius 2 is 2.05 bits per heavy atom. The molecule has 0 saturated carbocycles. The smallest absolute Gasteiger partial charge is 0.274 e. The monoisotopic (exact) mass is 589 g/mol. The fraction of sp³-hybridized carbons (Fsp3) is 0.378. The minimum atomic E-state index is -0.0571. The van der Waals surface area contributed by atoms with Crippen molar-refractivity contribution in [2.45, 2.75) is 76.3 Å². The van der Waals surface area contributed by atoms with Gasteiger partial charge in [-0.3, -0.25) is 10.1 Å². The first-order chi connectivity index (χ1) is 21.1. The summed E-state index contributed by atoms with van der Waals surface area (Å²) >= 11 is 1.84. The van der Waals surface area contributed by atoms with Crippen molar-refractivity contribution in [3.8, 4) is 5.75 Å². The van der Waals surface area contributed by atoms with Crippen molar-refractivity contribution in [2.75, 3.05) is 17.2 Å². The van der Waals surface area contributed by atoms with Crippen LogP contribution in [-0.2, 0) is 12.8 Å². The Hall–Kier alpha value is -3.48. The van der Waals surface area contributed by atoms with Crippen molar-refractivity contribution >= 4 is 40.3 Å². The van der Waals surface area contributed by atoms with Gasteiger partial charge in [-0.05, 0) is 103 Å². The Labute approximate surface area is 258 Å². The number of unbranched alkanes of at least 4 members (excludes halogenated alkanes) is 1. The lowest BCUT2D eigenvalue weighted by Crippen LogP contribution is -2.40. The number of fused-ring (bicyclic) bond motifs is 3. The van der Waals surface area contributed by atoms with E-state index in [1.54, 1.807) is 11.1 Å². The summed E-state index contributed by atoms with van der Waals surface area (Å²) < 4.78 is 6.50. The average Bonchev–Trinajstić information content (AvgIpc) is 3.76. The first-order valence-electron chi connectivity index (χ1n) is 16.1. The van der Waals surface area contributed by atoms with Crippen LogP contribution in [0.3, 0.4) is 0 Å². The molecular weight excluding hydrogens is 550 g/mol. The lowest BCUT2D eigenvalue weighted by Gasteiger charge is -2.36. The number of aromatic amines is 1. The molecule has 0 radical (unpaired) electrons. The van der Waals surface area contributed by atoms with Gasteiger partial charge in [-0.15, -0.1) is 11.8 Å². The first kappa shape index (κ1) is 27.1. The summed E-state index contributed by atoms with van der Waals surface area (Å²) in [6.07, 6.45) is 21.4. The van der Waals surface area contributed by atoms with E-state index in [0.717, 1.165) is 60.2 Å². The van der Waals surface area contributed by atoms with Gasteiger partial charge < -0.3 is 14.6 Å². The molecule has 3 aliphatic carbocycles. The highest BCUT2D eigenvalue weighted by molar-refractivity contribution is 7.99. The summed E-state index contributed by atoms with van der Waals surface area (Å²) in [7, 11) is 0. The van der Waals surface area contributed by atoms with Gasteiger partial charge >= 0.3 is 0 Å². The standard InChI is InChI=1S/C37H39N3O2S/c1-2-3-17-43-37-39-31-10-6-9-29-28-15-16-40(33(28)22-34(42-37)35(29)31)36(41)32-21-27-18-23(13-14-30(27)38-32)11-12-24-19-25-7-4-5-8-26(25)20-24/h4,6-7,9,13-14,18,20-22,31,37-39H,2-3,5,8,10-12,15-17,19H2,1H3. The number of benzene rings is 2. The molecule has 5 aliphatic rings. The zero-order valence-corrected chi connectivity index (χ0v) is 25.7. The summed E-state index contributed by atoms with van der Waals surface area (Å²) in [4.78, 5) is 19.4. The minimum absolute atomic E-state index is 0.0311. The van der Waals surface area contributed by atoms with Crippen molar-refractivity contribution < 1.29 is 9.53 Å². The number of rotatable bonds is 8. The highest BCUT2D eigenvalue weighted by atomic mass is 32.2. The Bertz CT molecular complexity index is 1740. The van der Waals surface area contributed by atoms with E-state index in [4.69, 9.17) is 4.74 Å². The van der Waals surface area contributed by atoms with Gasteiger partial charge in [-0.25, -0.2) is 0 Å². The number of carbonyl (C=O) groups is 1. The summed E-state index contributed by atoms with van der Waals surface area (Å²) in [5.41, 5.74) is 12.3. The fourth-order valence-electron chi connectivity index (χ4n) is 7.42. The fourth-order valence-corrected chi connectivity index (χ4v) is 8.53. The topological polar surface area (TPSA) is 57.4 Å². The van der Waals surface area contributed by atoms with Gasteiger partial charge in [0, 0.05) is 35.1 Å². The molecule has 2 aliphatic heterocycles. The zero-order chi connectivity index (χ0) is 28.9. The van der Waals surface area contributed by atoms with Gasteiger partial charge in [0.25, 0.3) is 5.91 Å². The molecule has 1 amide bonds. The third kappa shape index (κ3) is 4.98.